The van der Waals surface area contributed by atoms with Gasteiger partial charge in [-0.15, -0.1) is 0 Å². The molecule has 0 amide bonds. The van der Waals surface area contributed by atoms with Gasteiger partial charge in [-0.05, 0) is 18.6 Å². The molecule has 1 rings (SSSR count). The lowest BCUT2D eigenvalue weighted by Gasteiger charge is -2.17. The van der Waals surface area contributed by atoms with Crippen LogP contribution < -0.4 is 4.72 Å². The average Bonchev–Trinajstić information content (AvgIpc) is 2.37. The molecule has 9 heteroatoms. The lowest BCUT2D eigenvalue weighted by molar-refractivity contribution is -0.140. The Morgan fingerprint density at radius 3 is 2.38 bits per heavy atom. The van der Waals surface area contributed by atoms with Gasteiger partial charge in [-0.1, -0.05) is 25.5 Å². The van der Waals surface area contributed by atoms with Crippen molar-refractivity contribution in [2.45, 2.75) is 36.9 Å². The highest BCUT2D eigenvalue weighted by molar-refractivity contribution is 7.89. The number of hydrogen-bond donors (Lipinski definition) is 2. The Labute approximate surface area is 119 Å². The average molecular weight is 325 g/mol. The first-order valence-corrected chi connectivity index (χ1v) is 7.49. The highest BCUT2D eigenvalue weighted by atomic mass is 32.2. The summed E-state index contributed by atoms with van der Waals surface area (Å²) >= 11 is 0. The van der Waals surface area contributed by atoms with Crippen molar-refractivity contribution in [1.82, 2.24) is 4.72 Å². The first kappa shape index (κ1) is 17.4. The third-order valence-corrected chi connectivity index (χ3v) is 4.18. The van der Waals surface area contributed by atoms with Gasteiger partial charge in [0.2, 0.25) is 10.0 Å². The summed E-state index contributed by atoms with van der Waals surface area (Å²) in [7, 11) is -4.59. The number of carboxylic acid groups (broad SMARTS) is 1. The van der Waals surface area contributed by atoms with Crippen LogP contribution in [-0.2, 0) is 21.0 Å². The second kappa shape index (κ2) is 6.44. The van der Waals surface area contributed by atoms with E-state index in [4.69, 9.17) is 5.11 Å². The Hall–Kier alpha value is -1.61. The van der Waals surface area contributed by atoms with Gasteiger partial charge in [0.15, 0.2) is 0 Å². The van der Waals surface area contributed by atoms with Crippen molar-refractivity contribution in [1.29, 1.82) is 0 Å². The Kier molecular flexibility index (Phi) is 5.35. The van der Waals surface area contributed by atoms with Crippen molar-refractivity contribution in [2.75, 3.05) is 0 Å². The van der Waals surface area contributed by atoms with E-state index in [1.54, 1.807) is 11.6 Å². The summed E-state index contributed by atoms with van der Waals surface area (Å²) in [5.41, 5.74) is -1.34. The molecule has 21 heavy (non-hydrogen) atoms. The summed E-state index contributed by atoms with van der Waals surface area (Å²) in [6, 6.07) is 2.14. The van der Waals surface area contributed by atoms with Gasteiger partial charge in [-0.25, -0.2) is 8.42 Å². The van der Waals surface area contributed by atoms with Gasteiger partial charge >= 0.3 is 12.1 Å². The highest BCUT2D eigenvalue weighted by Gasteiger charge is 2.37. The molecule has 1 aromatic rings. The predicted molar refractivity (Wildman–Crippen MR) is 68.1 cm³/mol. The Bertz CT molecular complexity index is 613. The van der Waals surface area contributed by atoms with Crippen LogP contribution in [-0.4, -0.2) is 25.5 Å². The molecular weight excluding hydrogens is 311 g/mol. The van der Waals surface area contributed by atoms with Crippen LogP contribution in [0.25, 0.3) is 0 Å². The van der Waals surface area contributed by atoms with Crippen molar-refractivity contribution in [3.8, 4) is 0 Å². The zero-order valence-electron chi connectivity index (χ0n) is 11.0. The first-order valence-electron chi connectivity index (χ1n) is 6.01. The minimum atomic E-state index is -4.85. The monoisotopic (exact) mass is 325 g/mol. The molecule has 0 fully saturated rings. The van der Waals surface area contributed by atoms with Gasteiger partial charge in [-0.3, -0.25) is 4.79 Å². The van der Waals surface area contributed by atoms with Crippen LogP contribution in [0.15, 0.2) is 29.2 Å². The standard InChI is InChI=1S/C12H14F3NO4S/c1-2-5-9(11(17)18)16-21(19,20)10-7-4-3-6-8(10)12(13,14)15/h3-4,6-7,9,16H,2,5H2,1H3,(H,17,18)/t9-/m0/s1. The molecular formula is C12H14F3NO4S. The minimum absolute atomic E-state index is 0.0251. The molecule has 0 heterocycles. The van der Waals surface area contributed by atoms with E-state index in [1.165, 1.54) is 0 Å². The summed E-state index contributed by atoms with van der Waals surface area (Å²) in [6.07, 6.45) is -4.52. The fourth-order valence-electron chi connectivity index (χ4n) is 1.71. The molecule has 0 aliphatic carbocycles. The summed E-state index contributed by atoms with van der Waals surface area (Å²) < 4.78 is 64.3. The van der Waals surface area contributed by atoms with Crippen molar-refractivity contribution in [2.24, 2.45) is 0 Å². The Morgan fingerprint density at radius 2 is 1.90 bits per heavy atom. The molecule has 0 saturated heterocycles. The number of alkyl halides is 3. The van der Waals surface area contributed by atoms with Gasteiger partial charge in [0.05, 0.1) is 10.5 Å². The normalized spacial score (nSPS) is 13.9. The van der Waals surface area contributed by atoms with Gasteiger partial charge in [-0.2, -0.15) is 17.9 Å². The van der Waals surface area contributed by atoms with Crippen molar-refractivity contribution < 1.29 is 31.5 Å². The summed E-state index contributed by atoms with van der Waals surface area (Å²) in [5.74, 6) is -1.44. The number of aliphatic carboxylic acids is 1. The van der Waals surface area contributed by atoms with E-state index in [-0.39, 0.29) is 6.42 Å². The number of benzene rings is 1. The number of sulfonamides is 1. The summed E-state index contributed by atoms with van der Waals surface area (Å²) in [5, 5.41) is 8.89. The fourth-order valence-corrected chi connectivity index (χ4v) is 3.16. The minimum Gasteiger partial charge on any atom is -0.480 e. The molecule has 5 nitrogen and oxygen atoms in total. The molecule has 0 aliphatic rings. The molecule has 0 radical (unpaired) electrons. The third-order valence-electron chi connectivity index (χ3n) is 2.65. The molecule has 1 atom stereocenters. The topological polar surface area (TPSA) is 83.5 Å². The first-order chi connectivity index (χ1) is 9.59. The number of hydrogen-bond acceptors (Lipinski definition) is 3. The number of rotatable bonds is 6. The molecule has 0 aromatic heterocycles. The SMILES string of the molecule is CCC[C@H](NS(=O)(=O)c1ccccc1C(F)(F)F)C(=O)O. The number of nitrogens with one attached hydrogen (secondary N) is 1. The van der Waals surface area contributed by atoms with E-state index in [1.807, 2.05) is 0 Å². The van der Waals surface area contributed by atoms with Crippen LogP contribution >= 0.6 is 0 Å². The van der Waals surface area contributed by atoms with E-state index in [0.717, 1.165) is 18.2 Å². The molecule has 0 unspecified atom stereocenters. The maximum atomic E-state index is 12.8. The lowest BCUT2D eigenvalue weighted by Crippen LogP contribution is -2.41. The molecule has 1 aromatic carbocycles. The van der Waals surface area contributed by atoms with Crippen LogP contribution in [0.2, 0.25) is 0 Å². The van der Waals surface area contributed by atoms with Crippen molar-refractivity contribution >= 4 is 16.0 Å². The maximum absolute atomic E-state index is 12.8. The summed E-state index contributed by atoms with van der Waals surface area (Å²) in [6.45, 7) is 1.63. The maximum Gasteiger partial charge on any atom is 0.417 e. The molecule has 0 bridgehead atoms. The van der Waals surface area contributed by atoms with E-state index in [2.05, 4.69) is 0 Å². The van der Waals surface area contributed by atoms with Crippen LogP contribution in [0, 0.1) is 0 Å². The zero-order valence-corrected chi connectivity index (χ0v) is 11.8. The van der Waals surface area contributed by atoms with Crippen LogP contribution in [0.3, 0.4) is 0 Å². The second-order valence-corrected chi connectivity index (χ2v) is 5.98. The third kappa shape index (κ3) is 4.43. The molecule has 0 saturated carbocycles. The van der Waals surface area contributed by atoms with E-state index < -0.39 is 38.7 Å². The predicted octanol–water partition coefficient (Wildman–Crippen LogP) is 2.24. The van der Waals surface area contributed by atoms with E-state index >= 15 is 0 Å². The zero-order chi connectivity index (χ0) is 16.3. The Balaban J connectivity index is 3.23. The molecule has 0 aliphatic heterocycles. The summed E-state index contributed by atoms with van der Waals surface area (Å²) in [4.78, 5) is 9.94. The molecule has 0 spiro atoms. The van der Waals surface area contributed by atoms with Crippen molar-refractivity contribution in [3.05, 3.63) is 29.8 Å². The van der Waals surface area contributed by atoms with Crippen LogP contribution in [0.1, 0.15) is 25.3 Å². The largest absolute Gasteiger partial charge is 0.480 e. The smallest absolute Gasteiger partial charge is 0.417 e. The van der Waals surface area contributed by atoms with Crippen LogP contribution in [0.5, 0.6) is 0 Å². The number of carboxylic acids is 1. The highest BCUT2D eigenvalue weighted by Crippen LogP contribution is 2.33. The van der Waals surface area contributed by atoms with Gasteiger partial charge < -0.3 is 5.11 Å². The fraction of sp³-hybridized carbons (Fsp3) is 0.417. The molecule has 2 N–H and O–H groups in total. The van der Waals surface area contributed by atoms with E-state index in [0.29, 0.717) is 12.5 Å². The molecule has 118 valence electrons. The van der Waals surface area contributed by atoms with E-state index in [9.17, 15) is 26.4 Å². The number of halogens is 3. The van der Waals surface area contributed by atoms with Gasteiger partial charge in [0.25, 0.3) is 0 Å². The van der Waals surface area contributed by atoms with Gasteiger partial charge in [0.1, 0.15) is 6.04 Å². The van der Waals surface area contributed by atoms with Gasteiger partial charge in [0, 0.05) is 0 Å². The number of carbonyl (C=O) groups is 1. The van der Waals surface area contributed by atoms with Crippen LogP contribution in [0.4, 0.5) is 13.2 Å². The lowest BCUT2D eigenvalue weighted by atomic mass is 10.2. The quantitative estimate of drug-likeness (QED) is 0.840. The van der Waals surface area contributed by atoms with Crippen molar-refractivity contribution in [3.63, 3.8) is 0 Å². The second-order valence-electron chi connectivity index (χ2n) is 4.29. The Morgan fingerprint density at radius 1 is 1.33 bits per heavy atom.